The minimum absolute atomic E-state index is 0.153. The molecule has 0 aliphatic heterocycles. The number of ether oxygens (including phenoxy) is 1. The Kier molecular flexibility index (Phi) is 4.76. The van der Waals surface area contributed by atoms with Gasteiger partial charge in [0, 0.05) is 0 Å². The molecule has 0 fully saturated rings. The van der Waals surface area contributed by atoms with Gasteiger partial charge in [-0.25, -0.2) is 4.98 Å². The maximum absolute atomic E-state index is 12.5. The molecule has 0 saturated carbocycles. The van der Waals surface area contributed by atoms with Crippen LogP contribution in [-0.2, 0) is 12.8 Å². The van der Waals surface area contributed by atoms with Crippen LogP contribution < -0.4 is 4.74 Å². The fourth-order valence-electron chi connectivity index (χ4n) is 2.30. The number of nitrogens with zero attached hydrogens (tertiary/aromatic N) is 1. The number of hydrogen-bond donors (Lipinski definition) is 2. The zero-order chi connectivity index (χ0) is 17.9. The van der Waals surface area contributed by atoms with Crippen LogP contribution in [0.25, 0.3) is 0 Å². The van der Waals surface area contributed by atoms with Crippen LogP contribution in [-0.4, -0.2) is 15.1 Å². The highest BCUT2D eigenvalue weighted by molar-refractivity contribution is 5.32. The Balaban J connectivity index is 1.60. The highest BCUT2D eigenvalue weighted by Gasteiger charge is 2.29. The molecule has 2 aromatic carbocycles. The molecule has 0 aliphatic rings. The summed E-state index contributed by atoms with van der Waals surface area (Å²) >= 11 is 0. The fourth-order valence-corrected chi connectivity index (χ4v) is 2.30. The maximum atomic E-state index is 12.5. The van der Waals surface area contributed by atoms with Crippen LogP contribution in [0.5, 0.6) is 5.75 Å². The van der Waals surface area contributed by atoms with Crippen molar-refractivity contribution in [3.63, 3.8) is 0 Å². The van der Waals surface area contributed by atoms with Gasteiger partial charge in [0.25, 0.3) is 0 Å². The van der Waals surface area contributed by atoms with Crippen molar-refractivity contribution in [2.24, 2.45) is 0 Å². The first kappa shape index (κ1) is 17.0. The Labute approximate surface area is 141 Å². The quantitative estimate of drug-likeness (QED) is 0.730. The van der Waals surface area contributed by atoms with Gasteiger partial charge in [0.1, 0.15) is 18.5 Å². The van der Waals surface area contributed by atoms with Crippen molar-refractivity contribution >= 4 is 0 Å². The summed E-state index contributed by atoms with van der Waals surface area (Å²) in [6, 6.07) is 11.7. The van der Waals surface area contributed by atoms with Gasteiger partial charge in [-0.2, -0.15) is 13.2 Å². The molecular formula is C18H15F3N2O2. The van der Waals surface area contributed by atoms with Crippen molar-refractivity contribution in [2.45, 2.75) is 18.9 Å². The first-order valence-corrected chi connectivity index (χ1v) is 7.49. The van der Waals surface area contributed by atoms with E-state index in [2.05, 4.69) is 9.97 Å². The second kappa shape index (κ2) is 6.98. The van der Waals surface area contributed by atoms with Gasteiger partial charge in [-0.15, -0.1) is 0 Å². The Morgan fingerprint density at radius 1 is 1.04 bits per heavy atom. The second-order valence-corrected chi connectivity index (χ2v) is 5.46. The smallest absolute Gasteiger partial charge is 0.416 e. The van der Waals surface area contributed by atoms with Crippen molar-refractivity contribution in [3.8, 4) is 5.75 Å². The van der Waals surface area contributed by atoms with E-state index in [1.54, 1.807) is 30.5 Å². The van der Waals surface area contributed by atoms with Crippen molar-refractivity contribution < 1.29 is 23.0 Å². The molecule has 1 aromatic heterocycles. The number of alkyl halides is 3. The van der Waals surface area contributed by atoms with Gasteiger partial charge in [0.2, 0.25) is 0 Å². The van der Waals surface area contributed by atoms with E-state index < -0.39 is 17.8 Å². The largest absolute Gasteiger partial charge is 0.489 e. The SMILES string of the molecule is OC(c1ccc(OCc2ccc(C(F)(F)F)cc2)cc1)c1cnc[nH]1. The van der Waals surface area contributed by atoms with Crippen LogP contribution in [0.3, 0.4) is 0 Å². The highest BCUT2D eigenvalue weighted by atomic mass is 19.4. The Morgan fingerprint density at radius 2 is 1.72 bits per heavy atom. The Morgan fingerprint density at radius 3 is 2.28 bits per heavy atom. The van der Waals surface area contributed by atoms with E-state index in [1.165, 1.54) is 18.5 Å². The van der Waals surface area contributed by atoms with Crippen LogP contribution in [0, 0.1) is 0 Å². The lowest BCUT2D eigenvalue weighted by Gasteiger charge is -2.11. The third-order valence-electron chi connectivity index (χ3n) is 3.70. The van der Waals surface area contributed by atoms with Gasteiger partial charge in [0.15, 0.2) is 0 Å². The molecule has 7 heteroatoms. The summed E-state index contributed by atoms with van der Waals surface area (Å²) in [7, 11) is 0. The third kappa shape index (κ3) is 4.19. The van der Waals surface area contributed by atoms with Crippen molar-refractivity contribution in [1.82, 2.24) is 9.97 Å². The molecule has 25 heavy (non-hydrogen) atoms. The van der Waals surface area contributed by atoms with Crippen LogP contribution in [0.4, 0.5) is 13.2 Å². The molecular weight excluding hydrogens is 333 g/mol. The van der Waals surface area contributed by atoms with E-state index in [-0.39, 0.29) is 6.61 Å². The summed E-state index contributed by atoms with van der Waals surface area (Å²) in [4.78, 5) is 6.70. The van der Waals surface area contributed by atoms with E-state index in [9.17, 15) is 18.3 Å². The lowest BCUT2D eigenvalue weighted by molar-refractivity contribution is -0.137. The summed E-state index contributed by atoms with van der Waals surface area (Å²) in [5, 5.41) is 10.2. The standard InChI is InChI=1S/C18H15F3N2O2/c19-18(20,21)14-5-1-12(2-6-14)10-25-15-7-3-13(4-8-15)17(24)16-9-22-11-23-16/h1-9,11,17,24H,10H2,(H,22,23). The van der Waals surface area contributed by atoms with E-state index in [0.717, 1.165) is 12.1 Å². The van der Waals surface area contributed by atoms with E-state index >= 15 is 0 Å². The van der Waals surface area contributed by atoms with Crippen LogP contribution in [0.1, 0.15) is 28.5 Å². The fraction of sp³-hybridized carbons (Fsp3) is 0.167. The number of benzene rings is 2. The van der Waals surface area contributed by atoms with E-state index in [4.69, 9.17) is 4.74 Å². The van der Waals surface area contributed by atoms with Crippen molar-refractivity contribution in [1.29, 1.82) is 0 Å². The third-order valence-corrected chi connectivity index (χ3v) is 3.70. The number of aromatic amines is 1. The first-order valence-electron chi connectivity index (χ1n) is 7.49. The maximum Gasteiger partial charge on any atom is 0.416 e. The summed E-state index contributed by atoms with van der Waals surface area (Å²) in [5.41, 5.74) is 1.20. The predicted octanol–water partition coefficient (Wildman–Crippen LogP) is 4.09. The molecule has 4 nitrogen and oxygen atoms in total. The summed E-state index contributed by atoms with van der Waals surface area (Å²) in [6.45, 7) is 0.153. The first-order chi connectivity index (χ1) is 11.9. The molecule has 0 saturated heterocycles. The molecule has 3 aromatic rings. The molecule has 3 rings (SSSR count). The molecule has 2 N–H and O–H groups in total. The number of aliphatic hydroxyl groups is 1. The number of rotatable bonds is 5. The Bertz CT molecular complexity index is 798. The van der Waals surface area contributed by atoms with Crippen molar-refractivity contribution in [2.75, 3.05) is 0 Å². The molecule has 0 radical (unpaired) electrons. The lowest BCUT2D eigenvalue weighted by atomic mass is 10.1. The van der Waals surface area contributed by atoms with Crippen LogP contribution in [0.15, 0.2) is 61.1 Å². The molecule has 0 amide bonds. The monoisotopic (exact) mass is 348 g/mol. The van der Waals surface area contributed by atoms with E-state index in [1.807, 2.05) is 0 Å². The summed E-state index contributed by atoms with van der Waals surface area (Å²) in [5.74, 6) is 0.556. The zero-order valence-corrected chi connectivity index (χ0v) is 13.0. The number of nitrogens with one attached hydrogen (secondary N) is 1. The molecule has 0 bridgehead atoms. The second-order valence-electron chi connectivity index (χ2n) is 5.46. The van der Waals surface area contributed by atoms with Gasteiger partial charge >= 0.3 is 6.18 Å². The van der Waals surface area contributed by atoms with Crippen LogP contribution in [0.2, 0.25) is 0 Å². The lowest BCUT2D eigenvalue weighted by Crippen LogP contribution is -2.05. The summed E-state index contributed by atoms with van der Waals surface area (Å²) in [6.07, 6.45) is -2.13. The number of halogens is 3. The minimum atomic E-state index is -4.34. The predicted molar refractivity (Wildman–Crippen MR) is 84.9 cm³/mol. The number of aromatic nitrogens is 2. The van der Waals surface area contributed by atoms with Crippen molar-refractivity contribution in [3.05, 3.63) is 83.4 Å². The summed E-state index contributed by atoms with van der Waals surface area (Å²) < 4.78 is 43.1. The molecule has 0 aliphatic carbocycles. The van der Waals surface area contributed by atoms with E-state index in [0.29, 0.717) is 22.6 Å². The zero-order valence-electron chi connectivity index (χ0n) is 13.0. The van der Waals surface area contributed by atoms with Gasteiger partial charge in [0.05, 0.1) is 23.8 Å². The minimum Gasteiger partial charge on any atom is -0.489 e. The average molecular weight is 348 g/mol. The molecule has 0 spiro atoms. The topological polar surface area (TPSA) is 58.1 Å². The number of imidazole rings is 1. The Hall–Kier alpha value is -2.80. The normalized spacial score (nSPS) is 12.8. The number of hydrogen-bond acceptors (Lipinski definition) is 3. The number of H-pyrrole nitrogens is 1. The molecule has 1 heterocycles. The van der Waals surface area contributed by atoms with Crippen LogP contribution >= 0.6 is 0 Å². The number of aliphatic hydroxyl groups excluding tert-OH is 1. The highest BCUT2D eigenvalue weighted by Crippen LogP contribution is 2.29. The van der Waals surface area contributed by atoms with Gasteiger partial charge in [-0.05, 0) is 35.4 Å². The van der Waals surface area contributed by atoms with Gasteiger partial charge < -0.3 is 14.8 Å². The molecule has 1 unspecified atom stereocenters. The average Bonchev–Trinajstić information content (AvgIpc) is 3.14. The molecule has 1 atom stereocenters. The van der Waals surface area contributed by atoms with Gasteiger partial charge in [-0.3, -0.25) is 0 Å². The molecule has 130 valence electrons. The van der Waals surface area contributed by atoms with Gasteiger partial charge in [-0.1, -0.05) is 24.3 Å².